The summed E-state index contributed by atoms with van der Waals surface area (Å²) in [5.74, 6) is 0.949. The molecule has 17 heavy (non-hydrogen) atoms. The summed E-state index contributed by atoms with van der Waals surface area (Å²) in [7, 11) is 0. The summed E-state index contributed by atoms with van der Waals surface area (Å²) in [5, 5.41) is 12.9. The first-order valence-electron chi connectivity index (χ1n) is 5.05. The molecule has 0 radical (unpaired) electrons. The van der Waals surface area contributed by atoms with Crippen molar-refractivity contribution in [2.45, 2.75) is 6.54 Å². The normalized spacial score (nSPS) is 10.6. The summed E-state index contributed by atoms with van der Waals surface area (Å²) in [6, 6.07) is 7.99. The zero-order valence-electron chi connectivity index (χ0n) is 8.79. The van der Waals surface area contributed by atoms with Gasteiger partial charge in [-0.25, -0.2) is 0 Å². The molecule has 0 fully saturated rings. The molecule has 0 bridgehead atoms. The van der Waals surface area contributed by atoms with Crippen molar-refractivity contribution in [1.82, 2.24) is 10.2 Å². The summed E-state index contributed by atoms with van der Waals surface area (Å²) in [4.78, 5) is 1.21. The van der Waals surface area contributed by atoms with Crippen molar-refractivity contribution in [3.05, 3.63) is 40.8 Å². The van der Waals surface area contributed by atoms with E-state index in [2.05, 4.69) is 15.5 Å². The van der Waals surface area contributed by atoms with Crippen LogP contribution >= 0.6 is 11.3 Å². The lowest BCUT2D eigenvalue weighted by molar-refractivity contribution is 0.522. The molecule has 0 saturated carbocycles. The third-order valence-corrected chi connectivity index (χ3v) is 3.03. The van der Waals surface area contributed by atoms with E-state index in [0.29, 0.717) is 24.2 Å². The number of nitrogens with one attached hydrogen (secondary N) is 1. The van der Waals surface area contributed by atoms with Crippen LogP contribution in [0.1, 0.15) is 4.88 Å². The summed E-state index contributed by atoms with van der Waals surface area (Å²) < 4.78 is 10.6. The number of nitrogens with zero attached hydrogens (tertiary/aromatic N) is 2. The maximum atomic E-state index is 5.40. The van der Waals surface area contributed by atoms with Crippen LogP contribution in [0, 0.1) is 0 Å². The van der Waals surface area contributed by atoms with Crippen molar-refractivity contribution in [2.75, 3.05) is 5.32 Å². The van der Waals surface area contributed by atoms with E-state index in [1.807, 2.05) is 17.5 Å². The van der Waals surface area contributed by atoms with E-state index >= 15 is 0 Å². The predicted octanol–water partition coefficient (Wildman–Crippen LogP) is 3.00. The van der Waals surface area contributed by atoms with Crippen LogP contribution in [0.2, 0.25) is 0 Å². The Morgan fingerprint density at radius 3 is 3.00 bits per heavy atom. The van der Waals surface area contributed by atoms with Crippen LogP contribution in [-0.2, 0) is 6.54 Å². The summed E-state index contributed by atoms with van der Waals surface area (Å²) in [5.41, 5.74) is 0. The molecule has 3 aromatic heterocycles. The van der Waals surface area contributed by atoms with Gasteiger partial charge < -0.3 is 14.2 Å². The molecule has 0 saturated heterocycles. The molecule has 0 aliphatic heterocycles. The van der Waals surface area contributed by atoms with Crippen LogP contribution in [0.4, 0.5) is 6.01 Å². The van der Waals surface area contributed by atoms with Gasteiger partial charge in [-0.3, -0.25) is 0 Å². The smallest absolute Gasteiger partial charge is 0.316 e. The lowest BCUT2D eigenvalue weighted by Gasteiger charge is -1.96. The fraction of sp³-hybridized carbons (Fsp3) is 0.0909. The Morgan fingerprint density at radius 2 is 2.24 bits per heavy atom. The molecule has 0 aliphatic carbocycles. The number of thiophene rings is 1. The largest absolute Gasteiger partial charge is 0.459 e. The number of furan rings is 1. The highest BCUT2D eigenvalue weighted by Crippen LogP contribution is 2.20. The second kappa shape index (κ2) is 4.42. The fourth-order valence-corrected chi connectivity index (χ4v) is 2.01. The molecule has 3 aromatic rings. The summed E-state index contributed by atoms with van der Waals surface area (Å²) >= 11 is 1.68. The molecule has 0 atom stereocenters. The number of aromatic nitrogens is 2. The Labute approximate surface area is 101 Å². The van der Waals surface area contributed by atoms with E-state index in [4.69, 9.17) is 8.83 Å². The Kier molecular flexibility index (Phi) is 2.63. The Balaban J connectivity index is 1.69. The van der Waals surface area contributed by atoms with Crippen molar-refractivity contribution in [1.29, 1.82) is 0 Å². The van der Waals surface area contributed by atoms with Crippen molar-refractivity contribution in [2.24, 2.45) is 0 Å². The highest BCUT2D eigenvalue weighted by atomic mass is 32.1. The fourth-order valence-electron chi connectivity index (χ4n) is 1.37. The van der Waals surface area contributed by atoms with Gasteiger partial charge >= 0.3 is 6.01 Å². The first-order valence-corrected chi connectivity index (χ1v) is 5.93. The van der Waals surface area contributed by atoms with E-state index in [9.17, 15) is 0 Å². The molecule has 0 unspecified atom stereocenters. The molecule has 3 heterocycles. The Bertz CT molecular complexity index is 572. The summed E-state index contributed by atoms with van der Waals surface area (Å²) in [6.45, 7) is 0.678. The Morgan fingerprint density at radius 1 is 1.24 bits per heavy atom. The minimum Gasteiger partial charge on any atom is -0.459 e. The molecule has 1 N–H and O–H groups in total. The minimum atomic E-state index is 0.378. The van der Waals surface area contributed by atoms with Crippen LogP contribution in [0.25, 0.3) is 11.7 Å². The molecule has 0 spiro atoms. The zero-order valence-corrected chi connectivity index (χ0v) is 9.61. The highest BCUT2D eigenvalue weighted by molar-refractivity contribution is 7.09. The first-order chi connectivity index (χ1) is 8.42. The molecule has 0 aliphatic rings. The molecule has 6 heteroatoms. The predicted molar refractivity (Wildman–Crippen MR) is 63.6 cm³/mol. The number of rotatable bonds is 4. The van der Waals surface area contributed by atoms with Crippen molar-refractivity contribution in [3.8, 4) is 11.7 Å². The first kappa shape index (κ1) is 10.1. The molecular weight excluding hydrogens is 238 g/mol. The van der Waals surface area contributed by atoms with Gasteiger partial charge in [0.2, 0.25) is 0 Å². The SMILES string of the molecule is c1coc(-c2nnc(NCc3cccs3)o2)c1. The maximum Gasteiger partial charge on any atom is 0.316 e. The molecular formula is C11H9N3O2S. The molecule has 0 aromatic carbocycles. The van der Waals surface area contributed by atoms with E-state index in [-0.39, 0.29) is 0 Å². The van der Waals surface area contributed by atoms with Gasteiger partial charge in [0.05, 0.1) is 12.8 Å². The average Bonchev–Trinajstić information content (AvgIpc) is 3.09. The zero-order chi connectivity index (χ0) is 11.5. The molecule has 5 nitrogen and oxygen atoms in total. The number of hydrogen-bond acceptors (Lipinski definition) is 6. The van der Waals surface area contributed by atoms with Gasteiger partial charge in [-0.1, -0.05) is 11.2 Å². The van der Waals surface area contributed by atoms with Gasteiger partial charge in [0, 0.05) is 4.88 Å². The molecule has 3 rings (SSSR count). The van der Waals surface area contributed by atoms with Crippen LogP contribution in [0.15, 0.2) is 44.7 Å². The van der Waals surface area contributed by atoms with Gasteiger partial charge in [-0.15, -0.1) is 16.4 Å². The van der Waals surface area contributed by atoms with Crippen molar-refractivity contribution in [3.63, 3.8) is 0 Å². The third kappa shape index (κ3) is 2.21. The van der Waals surface area contributed by atoms with Crippen LogP contribution in [0.3, 0.4) is 0 Å². The number of anilines is 1. The van der Waals surface area contributed by atoms with Crippen molar-refractivity contribution < 1.29 is 8.83 Å². The van der Waals surface area contributed by atoms with Gasteiger partial charge in [-0.05, 0) is 23.6 Å². The summed E-state index contributed by atoms with van der Waals surface area (Å²) in [6.07, 6.45) is 1.57. The third-order valence-electron chi connectivity index (χ3n) is 2.15. The van der Waals surface area contributed by atoms with Crippen LogP contribution in [-0.4, -0.2) is 10.2 Å². The molecule has 86 valence electrons. The maximum absolute atomic E-state index is 5.40. The van der Waals surface area contributed by atoms with Crippen molar-refractivity contribution >= 4 is 17.4 Å². The molecule has 0 amide bonds. The standard InChI is InChI=1S/C11H9N3O2S/c1-4-9(15-5-1)10-13-14-11(16-10)12-7-8-3-2-6-17-8/h1-6H,7H2,(H,12,14). The lowest BCUT2D eigenvalue weighted by Crippen LogP contribution is -1.97. The monoisotopic (exact) mass is 247 g/mol. The second-order valence-electron chi connectivity index (χ2n) is 3.32. The minimum absolute atomic E-state index is 0.378. The number of hydrogen-bond donors (Lipinski definition) is 1. The van der Waals surface area contributed by atoms with Crippen LogP contribution < -0.4 is 5.32 Å². The van der Waals surface area contributed by atoms with E-state index < -0.39 is 0 Å². The van der Waals surface area contributed by atoms with Gasteiger partial charge in [-0.2, -0.15) is 0 Å². The van der Waals surface area contributed by atoms with Gasteiger partial charge in [0.25, 0.3) is 5.89 Å². The van der Waals surface area contributed by atoms with E-state index in [1.165, 1.54) is 4.88 Å². The second-order valence-corrected chi connectivity index (χ2v) is 4.35. The van der Waals surface area contributed by atoms with Gasteiger partial charge in [0.15, 0.2) is 5.76 Å². The topological polar surface area (TPSA) is 64.1 Å². The lowest BCUT2D eigenvalue weighted by atomic mass is 10.4. The quantitative estimate of drug-likeness (QED) is 0.767. The van der Waals surface area contributed by atoms with Gasteiger partial charge in [0.1, 0.15) is 0 Å². The Hall–Kier alpha value is -2.08. The highest BCUT2D eigenvalue weighted by Gasteiger charge is 2.10. The van der Waals surface area contributed by atoms with Crippen LogP contribution in [0.5, 0.6) is 0 Å². The van der Waals surface area contributed by atoms with E-state index in [0.717, 1.165) is 0 Å². The average molecular weight is 247 g/mol. The van der Waals surface area contributed by atoms with E-state index in [1.54, 1.807) is 29.7 Å².